The van der Waals surface area contributed by atoms with Crippen molar-refractivity contribution in [3.63, 3.8) is 0 Å². The average molecular weight is 219 g/mol. The molecule has 2 atom stereocenters. The van der Waals surface area contributed by atoms with Crippen LogP contribution in [0.15, 0.2) is 24.3 Å². The van der Waals surface area contributed by atoms with E-state index in [1.54, 1.807) is 5.56 Å². The predicted octanol–water partition coefficient (Wildman–Crippen LogP) is 2.34. The Kier molecular flexibility index (Phi) is 3.97. The molecule has 0 saturated carbocycles. The van der Waals surface area contributed by atoms with Gasteiger partial charge >= 0.3 is 0 Å². The number of likely N-dealkylation sites (N-methyl/N-ethyl adjacent to an activating group) is 1. The summed E-state index contributed by atoms with van der Waals surface area (Å²) in [6, 6.07) is 9.25. The fraction of sp³-hybridized carbons (Fsp3) is 0.571. The first-order valence-corrected chi connectivity index (χ1v) is 6.18. The highest BCUT2D eigenvalue weighted by molar-refractivity contribution is 5.39. The van der Waals surface area contributed by atoms with E-state index >= 15 is 0 Å². The van der Waals surface area contributed by atoms with Crippen LogP contribution >= 0.6 is 0 Å². The zero-order valence-electron chi connectivity index (χ0n) is 10.2. The standard InChI is InChI=1S/C14H21NO/c1-3-16-10-13(15-2)9-12-8-11-6-4-5-7-14(11)12/h4-7,12-13,15H,3,8-10H2,1-2H3. The third-order valence-electron chi connectivity index (χ3n) is 3.46. The summed E-state index contributed by atoms with van der Waals surface area (Å²) in [6.07, 6.45) is 2.42. The van der Waals surface area contributed by atoms with Gasteiger partial charge < -0.3 is 10.1 Å². The first kappa shape index (κ1) is 11.6. The summed E-state index contributed by atoms with van der Waals surface area (Å²) in [5, 5.41) is 3.34. The molecular weight excluding hydrogens is 198 g/mol. The maximum Gasteiger partial charge on any atom is 0.0619 e. The molecule has 0 radical (unpaired) electrons. The van der Waals surface area contributed by atoms with Crippen LogP contribution in [0.2, 0.25) is 0 Å². The van der Waals surface area contributed by atoms with Crippen molar-refractivity contribution in [1.29, 1.82) is 0 Å². The van der Waals surface area contributed by atoms with Crippen LogP contribution in [0.1, 0.15) is 30.4 Å². The van der Waals surface area contributed by atoms with Crippen molar-refractivity contribution in [2.24, 2.45) is 0 Å². The molecule has 0 aliphatic heterocycles. The van der Waals surface area contributed by atoms with Gasteiger partial charge in [0.05, 0.1) is 6.61 Å². The number of ether oxygens (including phenoxy) is 1. The van der Waals surface area contributed by atoms with Crippen LogP contribution in [-0.4, -0.2) is 26.3 Å². The van der Waals surface area contributed by atoms with E-state index in [1.807, 2.05) is 14.0 Å². The van der Waals surface area contributed by atoms with E-state index in [0.29, 0.717) is 6.04 Å². The summed E-state index contributed by atoms with van der Waals surface area (Å²) in [7, 11) is 2.02. The summed E-state index contributed by atoms with van der Waals surface area (Å²) in [5.74, 6) is 0.731. The Morgan fingerprint density at radius 1 is 1.44 bits per heavy atom. The van der Waals surface area contributed by atoms with Gasteiger partial charge in [-0.2, -0.15) is 0 Å². The molecule has 0 fully saturated rings. The molecule has 0 aromatic heterocycles. The first-order valence-electron chi connectivity index (χ1n) is 6.18. The Labute approximate surface area is 98.0 Å². The lowest BCUT2D eigenvalue weighted by Crippen LogP contribution is -2.34. The van der Waals surface area contributed by atoms with Gasteiger partial charge in [0.1, 0.15) is 0 Å². The summed E-state index contributed by atoms with van der Waals surface area (Å²) in [4.78, 5) is 0. The van der Waals surface area contributed by atoms with Crippen LogP contribution in [-0.2, 0) is 11.2 Å². The number of rotatable bonds is 6. The van der Waals surface area contributed by atoms with Crippen LogP contribution in [0.5, 0.6) is 0 Å². The molecule has 2 rings (SSSR count). The van der Waals surface area contributed by atoms with Crippen molar-refractivity contribution in [3.05, 3.63) is 35.4 Å². The van der Waals surface area contributed by atoms with Gasteiger partial charge in [-0.15, -0.1) is 0 Å². The second kappa shape index (κ2) is 5.46. The van der Waals surface area contributed by atoms with Crippen LogP contribution in [0.3, 0.4) is 0 Å². The van der Waals surface area contributed by atoms with Gasteiger partial charge in [-0.25, -0.2) is 0 Å². The molecule has 1 aliphatic rings. The van der Waals surface area contributed by atoms with Gasteiger partial charge in [0.15, 0.2) is 0 Å². The normalized spacial score (nSPS) is 20.0. The fourth-order valence-corrected chi connectivity index (χ4v) is 2.45. The zero-order valence-corrected chi connectivity index (χ0v) is 10.2. The van der Waals surface area contributed by atoms with Crippen molar-refractivity contribution in [3.8, 4) is 0 Å². The molecule has 2 unspecified atom stereocenters. The smallest absolute Gasteiger partial charge is 0.0619 e. The molecular formula is C14H21NO. The molecule has 1 N–H and O–H groups in total. The van der Waals surface area contributed by atoms with Gasteiger partial charge in [0, 0.05) is 12.6 Å². The third kappa shape index (κ3) is 2.45. The van der Waals surface area contributed by atoms with Crippen molar-refractivity contribution < 1.29 is 4.74 Å². The molecule has 1 aromatic rings. The van der Waals surface area contributed by atoms with E-state index in [9.17, 15) is 0 Å². The number of hydrogen-bond acceptors (Lipinski definition) is 2. The molecule has 1 aromatic carbocycles. The lowest BCUT2D eigenvalue weighted by atomic mass is 9.74. The van der Waals surface area contributed by atoms with Crippen LogP contribution in [0, 0.1) is 0 Å². The minimum Gasteiger partial charge on any atom is -0.380 e. The van der Waals surface area contributed by atoms with Crippen LogP contribution in [0.4, 0.5) is 0 Å². The summed E-state index contributed by atoms with van der Waals surface area (Å²) in [6.45, 7) is 3.68. The molecule has 88 valence electrons. The second-order valence-electron chi connectivity index (χ2n) is 4.48. The molecule has 16 heavy (non-hydrogen) atoms. The molecule has 0 bridgehead atoms. The van der Waals surface area contributed by atoms with E-state index in [0.717, 1.165) is 19.1 Å². The van der Waals surface area contributed by atoms with Crippen molar-refractivity contribution in [2.75, 3.05) is 20.3 Å². The summed E-state index contributed by atoms with van der Waals surface area (Å²) < 4.78 is 5.48. The lowest BCUT2D eigenvalue weighted by molar-refractivity contribution is 0.119. The number of hydrogen-bond donors (Lipinski definition) is 1. The number of benzene rings is 1. The van der Waals surface area contributed by atoms with Gasteiger partial charge in [0.2, 0.25) is 0 Å². The van der Waals surface area contributed by atoms with Gasteiger partial charge in [0.25, 0.3) is 0 Å². The Hall–Kier alpha value is -0.860. The topological polar surface area (TPSA) is 21.3 Å². The average Bonchev–Trinajstić information content (AvgIpc) is 2.30. The highest BCUT2D eigenvalue weighted by atomic mass is 16.5. The minimum absolute atomic E-state index is 0.485. The van der Waals surface area contributed by atoms with Crippen molar-refractivity contribution >= 4 is 0 Å². The number of nitrogens with one attached hydrogen (secondary N) is 1. The SMILES string of the molecule is CCOCC(CC1Cc2ccccc21)NC. The maximum absolute atomic E-state index is 5.48. The molecule has 1 aliphatic carbocycles. The van der Waals surface area contributed by atoms with Crippen molar-refractivity contribution in [2.45, 2.75) is 31.7 Å². The quantitative estimate of drug-likeness (QED) is 0.793. The van der Waals surface area contributed by atoms with Crippen LogP contribution < -0.4 is 5.32 Å². The highest BCUT2D eigenvalue weighted by Gasteiger charge is 2.27. The highest BCUT2D eigenvalue weighted by Crippen LogP contribution is 2.37. The Balaban J connectivity index is 1.87. The minimum atomic E-state index is 0.485. The fourth-order valence-electron chi connectivity index (χ4n) is 2.45. The molecule has 2 heteroatoms. The van der Waals surface area contributed by atoms with Gasteiger partial charge in [-0.1, -0.05) is 24.3 Å². The molecule has 0 spiro atoms. The van der Waals surface area contributed by atoms with E-state index in [-0.39, 0.29) is 0 Å². The van der Waals surface area contributed by atoms with Crippen molar-refractivity contribution in [1.82, 2.24) is 5.32 Å². The Morgan fingerprint density at radius 3 is 2.94 bits per heavy atom. The van der Waals surface area contributed by atoms with E-state index in [1.165, 1.54) is 18.4 Å². The summed E-state index contributed by atoms with van der Waals surface area (Å²) in [5.41, 5.74) is 3.07. The van der Waals surface area contributed by atoms with Gasteiger partial charge in [-0.05, 0) is 43.9 Å². The monoisotopic (exact) mass is 219 g/mol. The molecule has 2 nitrogen and oxygen atoms in total. The van der Waals surface area contributed by atoms with E-state index < -0.39 is 0 Å². The third-order valence-corrected chi connectivity index (χ3v) is 3.46. The van der Waals surface area contributed by atoms with Gasteiger partial charge in [-0.3, -0.25) is 0 Å². The van der Waals surface area contributed by atoms with E-state index in [2.05, 4.69) is 29.6 Å². The second-order valence-corrected chi connectivity index (χ2v) is 4.48. The summed E-state index contributed by atoms with van der Waals surface area (Å²) >= 11 is 0. The zero-order chi connectivity index (χ0) is 11.4. The maximum atomic E-state index is 5.48. The van der Waals surface area contributed by atoms with Crippen LogP contribution in [0.25, 0.3) is 0 Å². The molecule has 0 heterocycles. The largest absolute Gasteiger partial charge is 0.380 e. The lowest BCUT2D eigenvalue weighted by Gasteiger charge is -2.32. The van der Waals surface area contributed by atoms with E-state index in [4.69, 9.17) is 4.74 Å². The first-order chi connectivity index (χ1) is 7.85. The Bertz CT molecular complexity index is 337. The Morgan fingerprint density at radius 2 is 2.25 bits per heavy atom. The molecule has 0 amide bonds. The predicted molar refractivity (Wildman–Crippen MR) is 66.8 cm³/mol. The number of fused-ring (bicyclic) bond motifs is 1. The molecule has 0 saturated heterocycles.